The van der Waals surface area contributed by atoms with E-state index in [1.54, 1.807) is 42.5 Å². The second-order valence-corrected chi connectivity index (χ2v) is 6.87. The van der Waals surface area contributed by atoms with Crippen molar-refractivity contribution in [3.05, 3.63) is 53.1 Å². The minimum Gasteiger partial charge on any atom is -0.497 e. The van der Waals surface area contributed by atoms with Crippen molar-refractivity contribution in [1.82, 2.24) is 5.32 Å². The molecule has 0 saturated carbocycles. The number of benzene rings is 2. The van der Waals surface area contributed by atoms with Crippen LogP contribution in [0.3, 0.4) is 0 Å². The lowest BCUT2D eigenvalue weighted by atomic mass is 9.97. The Morgan fingerprint density at radius 1 is 1.04 bits per heavy atom. The van der Waals surface area contributed by atoms with E-state index in [4.69, 9.17) is 21.1 Å². The molecule has 0 aliphatic rings. The molecule has 0 spiro atoms. The molecule has 0 aliphatic carbocycles. The normalized spacial score (nSPS) is 12.6. The molecule has 2 rings (SSSR count). The van der Waals surface area contributed by atoms with Crippen molar-refractivity contribution >= 4 is 29.1 Å². The van der Waals surface area contributed by atoms with E-state index in [0.717, 1.165) is 6.42 Å². The van der Waals surface area contributed by atoms with Gasteiger partial charge in [0.2, 0.25) is 5.91 Å². The third-order valence-electron chi connectivity index (χ3n) is 4.51. The third kappa shape index (κ3) is 5.63. The van der Waals surface area contributed by atoms with Crippen LogP contribution in [0.1, 0.15) is 30.6 Å². The zero-order valence-corrected chi connectivity index (χ0v) is 17.2. The lowest BCUT2D eigenvalue weighted by molar-refractivity contribution is -0.119. The average molecular weight is 405 g/mol. The molecule has 0 bridgehead atoms. The predicted molar refractivity (Wildman–Crippen MR) is 110 cm³/mol. The molecule has 150 valence electrons. The number of methoxy groups -OCH3 is 2. The van der Waals surface area contributed by atoms with E-state index < -0.39 is 6.04 Å². The summed E-state index contributed by atoms with van der Waals surface area (Å²) >= 11 is 5.87. The van der Waals surface area contributed by atoms with Crippen molar-refractivity contribution in [3.8, 4) is 11.5 Å². The Morgan fingerprint density at radius 2 is 1.61 bits per heavy atom. The molecule has 2 aromatic rings. The van der Waals surface area contributed by atoms with Gasteiger partial charge in [-0.25, -0.2) is 0 Å². The Morgan fingerprint density at radius 3 is 2.11 bits per heavy atom. The standard InChI is InChI=1S/C21H25ClN2O4/c1-5-13(2)19(24-20(25)14-6-8-15(22)9-7-14)21(26)23-16-10-17(27-3)12-18(11-16)28-4/h6-13,19H,5H2,1-4H3,(H,23,26)(H,24,25). The maximum Gasteiger partial charge on any atom is 0.251 e. The molecule has 7 heteroatoms. The van der Waals surface area contributed by atoms with Gasteiger partial charge in [-0.3, -0.25) is 9.59 Å². The van der Waals surface area contributed by atoms with Crippen molar-refractivity contribution in [2.24, 2.45) is 5.92 Å². The molecule has 2 N–H and O–H groups in total. The van der Waals surface area contributed by atoms with E-state index in [1.165, 1.54) is 14.2 Å². The second kappa shape index (κ2) is 9.99. The smallest absolute Gasteiger partial charge is 0.251 e. The number of rotatable bonds is 8. The molecule has 0 aliphatic heterocycles. The van der Waals surface area contributed by atoms with Gasteiger partial charge in [-0.2, -0.15) is 0 Å². The zero-order valence-electron chi connectivity index (χ0n) is 16.4. The van der Waals surface area contributed by atoms with Gasteiger partial charge in [0.15, 0.2) is 0 Å². The van der Waals surface area contributed by atoms with E-state index >= 15 is 0 Å². The van der Waals surface area contributed by atoms with Crippen LogP contribution in [0.5, 0.6) is 11.5 Å². The molecule has 28 heavy (non-hydrogen) atoms. The highest BCUT2D eigenvalue weighted by atomic mass is 35.5. The Bertz CT molecular complexity index is 801. The van der Waals surface area contributed by atoms with Crippen LogP contribution in [-0.4, -0.2) is 32.1 Å². The van der Waals surface area contributed by atoms with Gasteiger partial charge >= 0.3 is 0 Å². The Labute approximate surface area is 170 Å². The Balaban J connectivity index is 2.19. The molecular formula is C21H25ClN2O4. The summed E-state index contributed by atoms with van der Waals surface area (Å²) < 4.78 is 10.5. The van der Waals surface area contributed by atoms with Crippen LogP contribution in [0.15, 0.2) is 42.5 Å². The van der Waals surface area contributed by atoms with Gasteiger partial charge in [-0.1, -0.05) is 31.9 Å². The molecule has 2 unspecified atom stereocenters. The fraction of sp³-hybridized carbons (Fsp3) is 0.333. The molecule has 2 amide bonds. The van der Waals surface area contributed by atoms with Gasteiger partial charge in [0, 0.05) is 34.5 Å². The quantitative estimate of drug-likeness (QED) is 0.693. The number of amides is 2. The Kier molecular flexibility index (Phi) is 7.70. The average Bonchev–Trinajstić information content (AvgIpc) is 2.71. The molecule has 0 saturated heterocycles. The number of hydrogen-bond donors (Lipinski definition) is 2. The van der Waals surface area contributed by atoms with E-state index in [2.05, 4.69) is 10.6 Å². The summed E-state index contributed by atoms with van der Waals surface area (Å²) in [5.41, 5.74) is 0.962. The molecular weight excluding hydrogens is 380 g/mol. The maximum atomic E-state index is 12.9. The number of hydrogen-bond acceptors (Lipinski definition) is 4. The number of anilines is 1. The molecule has 0 fully saturated rings. The van der Waals surface area contributed by atoms with Gasteiger partial charge in [-0.05, 0) is 30.2 Å². The topological polar surface area (TPSA) is 76.7 Å². The SMILES string of the molecule is CCC(C)C(NC(=O)c1ccc(Cl)cc1)C(=O)Nc1cc(OC)cc(OC)c1. The summed E-state index contributed by atoms with van der Waals surface area (Å²) in [6.07, 6.45) is 0.723. The van der Waals surface area contributed by atoms with E-state index in [1.807, 2.05) is 13.8 Å². The van der Waals surface area contributed by atoms with Gasteiger partial charge in [0.05, 0.1) is 14.2 Å². The van der Waals surface area contributed by atoms with E-state index in [0.29, 0.717) is 27.8 Å². The highest BCUT2D eigenvalue weighted by molar-refractivity contribution is 6.30. The first-order valence-corrected chi connectivity index (χ1v) is 9.36. The van der Waals surface area contributed by atoms with Crippen LogP contribution in [0.4, 0.5) is 5.69 Å². The second-order valence-electron chi connectivity index (χ2n) is 6.43. The van der Waals surface area contributed by atoms with Crippen LogP contribution in [-0.2, 0) is 4.79 Å². The first kappa shape index (κ1) is 21.6. The zero-order chi connectivity index (χ0) is 20.7. The number of nitrogens with one attached hydrogen (secondary N) is 2. The first-order valence-electron chi connectivity index (χ1n) is 8.98. The van der Waals surface area contributed by atoms with Gasteiger partial charge in [-0.15, -0.1) is 0 Å². The fourth-order valence-electron chi connectivity index (χ4n) is 2.63. The van der Waals surface area contributed by atoms with Gasteiger partial charge in [0.25, 0.3) is 5.91 Å². The highest BCUT2D eigenvalue weighted by Crippen LogP contribution is 2.26. The van der Waals surface area contributed by atoms with Crippen molar-refractivity contribution in [3.63, 3.8) is 0 Å². The minimum atomic E-state index is -0.703. The van der Waals surface area contributed by atoms with Crippen molar-refractivity contribution in [2.75, 3.05) is 19.5 Å². The molecule has 0 radical (unpaired) electrons. The van der Waals surface area contributed by atoms with Crippen molar-refractivity contribution in [1.29, 1.82) is 0 Å². The first-order chi connectivity index (χ1) is 13.4. The Hall–Kier alpha value is -2.73. The summed E-state index contributed by atoms with van der Waals surface area (Å²) in [6, 6.07) is 10.9. The summed E-state index contributed by atoms with van der Waals surface area (Å²) in [4.78, 5) is 25.5. The lowest BCUT2D eigenvalue weighted by Crippen LogP contribution is -2.47. The van der Waals surface area contributed by atoms with E-state index in [-0.39, 0.29) is 17.7 Å². The van der Waals surface area contributed by atoms with Crippen LogP contribution in [0, 0.1) is 5.92 Å². The molecule has 2 atom stereocenters. The summed E-state index contributed by atoms with van der Waals surface area (Å²) in [5.74, 6) is 0.399. The number of carbonyl (C=O) groups excluding carboxylic acids is 2. The highest BCUT2D eigenvalue weighted by Gasteiger charge is 2.26. The molecule has 2 aromatic carbocycles. The maximum absolute atomic E-state index is 12.9. The number of halogens is 1. The molecule has 0 heterocycles. The molecule has 0 aromatic heterocycles. The summed E-state index contributed by atoms with van der Waals surface area (Å²) in [6.45, 7) is 3.88. The van der Waals surface area contributed by atoms with E-state index in [9.17, 15) is 9.59 Å². The van der Waals surface area contributed by atoms with Crippen molar-refractivity contribution < 1.29 is 19.1 Å². The fourth-order valence-corrected chi connectivity index (χ4v) is 2.75. The summed E-state index contributed by atoms with van der Waals surface area (Å²) in [7, 11) is 3.07. The van der Waals surface area contributed by atoms with Gasteiger partial charge < -0.3 is 20.1 Å². The van der Waals surface area contributed by atoms with Crippen LogP contribution >= 0.6 is 11.6 Å². The molecule has 6 nitrogen and oxygen atoms in total. The predicted octanol–water partition coefficient (Wildman–Crippen LogP) is 4.14. The monoisotopic (exact) mass is 404 g/mol. The minimum absolute atomic E-state index is 0.0660. The van der Waals surface area contributed by atoms with Crippen LogP contribution in [0.25, 0.3) is 0 Å². The van der Waals surface area contributed by atoms with Crippen LogP contribution < -0.4 is 20.1 Å². The van der Waals surface area contributed by atoms with Crippen molar-refractivity contribution in [2.45, 2.75) is 26.3 Å². The summed E-state index contributed by atoms with van der Waals surface area (Å²) in [5, 5.41) is 6.20. The number of carbonyl (C=O) groups is 2. The lowest BCUT2D eigenvalue weighted by Gasteiger charge is -2.24. The largest absolute Gasteiger partial charge is 0.497 e. The van der Waals surface area contributed by atoms with Gasteiger partial charge in [0.1, 0.15) is 17.5 Å². The number of ether oxygens (including phenoxy) is 2. The van der Waals surface area contributed by atoms with Crippen LogP contribution in [0.2, 0.25) is 5.02 Å². The third-order valence-corrected chi connectivity index (χ3v) is 4.76.